The van der Waals surface area contributed by atoms with Gasteiger partial charge in [0.1, 0.15) is 12.4 Å². The molecule has 1 aromatic heterocycles. The van der Waals surface area contributed by atoms with Gasteiger partial charge in [-0.25, -0.2) is 0 Å². The van der Waals surface area contributed by atoms with Gasteiger partial charge in [-0.15, -0.1) is 0 Å². The molecule has 3 rings (SSSR count). The van der Waals surface area contributed by atoms with E-state index in [9.17, 15) is 9.59 Å². The molecule has 0 spiro atoms. The number of rotatable bonds is 7. The van der Waals surface area contributed by atoms with Crippen molar-refractivity contribution >= 4 is 11.6 Å². The number of hydrogen-bond donors (Lipinski definition) is 1. The first kappa shape index (κ1) is 19.2. The molecule has 6 heteroatoms. The third-order valence-corrected chi connectivity index (χ3v) is 4.68. The zero-order valence-electron chi connectivity index (χ0n) is 15.6. The zero-order valence-corrected chi connectivity index (χ0v) is 15.6. The van der Waals surface area contributed by atoms with E-state index in [2.05, 4.69) is 5.32 Å². The number of aromatic nitrogens is 1. The highest BCUT2D eigenvalue weighted by atomic mass is 16.5. The summed E-state index contributed by atoms with van der Waals surface area (Å²) in [4.78, 5) is 24.0. The molecule has 144 valence electrons. The maximum atomic E-state index is 12.2. The summed E-state index contributed by atoms with van der Waals surface area (Å²) in [6.45, 7) is 3.58. The normalized spacial score (nSPS) is 16.7. The Kier molecular flexibility index (Phi) is 6.65. The summed E-state index contributed by atoms with van der Waals surface area (Å²) in [6, 6.07) is 12.4. The predicted molar refractivity (Wildman–Crippen MR) is 104 cm³/mol. The van der Waals surface area contributed by atoms with Crippen molar-refractivity contribution in [2.75, 3.05) is 18.5 Å². The average molecular weight is 370 g/mol. The monoisotopic (exact) mass is 370 g/mol. The van der Waals surface area contributed by atoms with Gasteiger partial charge in [-0.2, -0.15) is 0 Å². The molecule has 1 aliphatic heterocycles. The number of anilines is 1. The number of carbonyl (C=O) groups is 1. The van der Waals surface area contributed by atoms with Crippen molar-refractivity contribution in [3.63, 3.8) is 0 Å². The van der Waals surface area contributed by atoms with Crippen molar-refractivity contribution in [2.24, 2.45) is 0 Å². The number of nitrogens with zero attached hydrogens (tertiary/aromatic N) is 1. The highest BCUT2D eigenvalue weighted by Crippen LogP contribution is 2.18. The summed E-state index contributed by atoms with van der Waals surface area (Å²) in [5.74, 6) is 0.628. The lowest BCUT2D eigenvalue weighted by molar-refractivity contribution is -0.116. The fraction of sp³-hybridized carbons (Fsp3) is 0.429. The Morgan fingerprint density at radius 3 is 2.74 bits per heavy atom. The van der Waals surface area contributed by atoms with Gasteiger partial charge in [0.15, 0.2) is 0 Å². The Labute approximate surface area is 159 Å². The standard InChI is InChI=1S/C21H26N2O4/c1-16-5-4-7-21(25)23(16)13-12-20(24)22-17-8-10-18(11-9-17)27-15-19-6-2-3-14-26-19/h4-5,7-11,19H,2-3,6,12-15H2,1H3,(H,22,24). The van der Waals surface area contributed by atoms with E-state index < -0.39 is 0 Å². The Bertz CT molecular complexity index is 808. The molecule has 2 aromatic rings. The molecule has 6 nitrogen and oxygen atoms in total. The van der Waals surface area contributed by atoms with Crippen molar-refractivity contribution in [3.8, 4) is 5.75 Å². The van der Waals surface area contributed by atoms with E-state index in [1.165, 1.54) is 12.5 Å². The van der Waals surface area contributed by atoms with E-state index in [0.717, 1.165) is 30.9 Å². The van der Waals surface area contributed by atoms with Gasteiger partial charge in [-0.1, -0.05) is 6.07 Å². The van der Waals surface area contributed by atoms with Crippen molar-refractivity contribution in [1.29, 1.82) is 0 Å². The highest BCUT2D eigenvalue weighted by Gasteiger charge is 2.14. The van der Waals surface area contributed by atoms with Gasteiger partial charge in [-0.3, -0.25) is 9.59 Å². The lowest BCUT2D eigenvalue weighted by Gasteiger charge is -2.22. The Hall–Kier alpha value is -2.60. The SMILES string of the molecule is Cc1cccc(=O)n1CCC(=O)Nc1ccc(OCC2CCCCO2)cc1. The molecule has 1 aromatic carbocycles. The zero-order chi connectivity index (χ0) is 19.1. The summed E-state index contributed by atoms with van der Waals surface area (Å²) < 4.78 is 13.0. The van der Waals surface area contributed by atoms with Gasteiger partial charge in [-0.05, 0) is 56.5 Å². The van der Waals surface area contributed by atoms with Gasteiger partial charge in [0.25, 0.3) is 5.56 Å². The largest absolute Gasteiger partial charge is 0.491 e. The molecule has 1 saturated heterocycles. The number of ether oxygens (including phenoxy) is 2. The summed E-state index contributed by atoms with van der Waals surface area (Å²) in [5, 5.41) is 2.85. The lowest BCUT2D eigenvalue weighted by Crippen LogP contribution is -2.25. The number of hydrogen-bond acceptors (Lipinski definition) is 4. The number of aryl methyl sites for hydroxylation is 1. The second kappa shape index (κ2) is 9.37. The molecule has 0 aliphatic carbocycles. The van der Waals surface area contributed by atoms with E-state index in [4.69, 9.17) is 9.47 Å². The first-order valence-electron chi connectivity index (χ1n) is 9.42. The first-order valence-corrected chi connectivity index (χ1v) is 9.42. The maximum Gasteiger partial charge on any atom is 0.250 e. The molecular weight excluding hydrogens is 344 g/mol. The molecule has 1 fully saturated rings. The molecule has 0 radical (unpaired) electrons. The van der Waals surface area contributed by atoms with Crippen molar-refractivity contribution in [1.82, 2.24) is 4.57 Å². The van der Waals surface area contributed by atoms with Crippen LogP contribution in [0.3, 0.4) is 0 Å². The van der Waals surface area contributed by atoms with Crippen LogP contribution in [0.2, 0.25) is 0 Å². The fourth-order valence-electron chi connectivity index (χ4n) is 3.11. The third kappa shape index (κ3) is 5.69. The van der Waals surface area contributed by atoms with Crippen LogP contribution in [0.5, 0.6) is 5.75 Å². The summed E-state index contributed by atoms with van der Waals surface area (Å²) in [6.07, 6.45) is 3.76. The van der Waals surface area contributed by atoms with E-state index >= 15 is 0 Å². The summed E-state index contributed by atoms with van der Waals surface area (Å²) >= 11 is 0. The molecule has 1 amide bonds. The molecule has 27 heavy (non-hydrogen) atoms. The number of nitrogens with one attached hydrogen (secondary N) is 1. The van der Waals surface area contributed by atoms with Gasteiger partial charge in [0, 0.05) is 37.0 Å². The topological polar surface area (TPSA) is 69.6 Å². The van der Waals surface area contributed by atoms with Crippen molar-refractivity contribution in [3.05, 3.63) is 58.5 Å². The quantitative estimate of drug-likeness (QED) is 0.813. The van der Waals surface area contributed by atoms with Crippen LogP contribution in [0.4, 0.5) is 5.69 Å². The van der Waals surface area contributed by atoms with Crippen LogP contribution in [-0.4, -0.2) is 29.8 Å². The van der Waals surface area contributed by atoms with Crippen LogP contribution in [0.1, 0.15) is 31.4 Å². The molecule has 2 heterocycles. The minimum Gasteiger partial charge on any atom is -0.491 e. The minimum absolute atomic E-state index is 0.0914. The van der Waals surface area contributed by atoms with Crippen LogP contribution in [0, 0.1) is 6.92 Å². The van der Waals surface area contributed by atoms with Crippen LogP contribution >= 0.6 is 0 Å². The second-order valence-electron chi connectivity index (χ2n) is 6.78. The molecule has 0 bridgehead atoms. The molecule has 1 N–H and O–H groups in total. The highest BCUT2D eigenvalue weighted by molar-refractivity contribution is 5.90. The van der Waals surface area contributed by atoms with Gasteiger partial charge >= 0.3 is 0 Å². The van der Waals surface area contributed by atoms with Crippen LogP contribution in [0.25, 0.3) is 0 Å². The predicted octanol–water partition coefficient (Wildman–Crippen LogP) is 3.13. The number of pyridine rings is 1. The summed E-state index contributed by atoms with van der Waals surface area (Å²) in [5.41, 5.74) is 1.46. The van der Waals surface area contributed by atoms with Crippen LogP contribution in [-0.2, 0) is 16.1 Å². The Balaban J connectivity index is 1.46. The lowest BCUT2D eigenvalue weighted by atomic mass is 10.1. The van der Waals surface area contributed by atoms with Crippen molar-refractivity contribution < 1.29 is 14.3 Å². The van der Waals surface area contributed by atoms with Crippen LogP contribution in [0.15, 0.2) is 47.3 Å². The molecular formula is C21H26N2O4. The van der Waals surface area contributed by atoms with Gasteiger partial charge in [0.05, 0.1) is 6.10 Å². The maximum absolute atomic E-state index is 12.2. The first-order chi connectivity index (χ1) is 13.1. The van der Waals surface area contributed by atoms with Gasteiger partial charge < -0.3 is 19.4 Å². The Morgan fingerprint density at radius 1 is 1.22 bits per heavy atom. The summed E-state index contributed by atoms with van der Waals surface area (Å²) in [7, 11) is 0. The van der Waals surface area contributed by atoms with E-state index in [1.54, 1.807) is 10.6 Å². The Morgan fingerprint density at radius 2 is 2.04 bits per heavy atom. The average Bonchev–Trinajstić information content (AvgIpc) is 2.68. The second-order valence-corrected chi connectivity index (χ2v) is 6.78. The number of benzene rings is 1. The number of carbonyl (C=O) groups excluding carboxylic acids is 1. The molecule has 0 saturated carbocycles. The van der Waals surface area contributed by atoms with Gasteiger partial charge in [0.2, 0.25) is 5.91 Å². The smallest absolute Gasteiger partial charge is 0.250 e. The van der Waals surface area contributed by atoms with E-state index in [1.807, 2.05) is 37.3 Å². The molecule has 1 aliphatic rings. The molecule has 1 atom stereocenters. The molecule has 1 unspecified atom stereocenters. The fourth-order valence-corrected chi connectivity index (χ4v) is 3.11. The van der Waals surface area contributed by atoms with E-state index in [0.29, 0.717) is 18.8 Å². The van der Waals surface area contributed by atoms with E-state index in [-0.39, 0.29) is 24.0 Å². The minimum atomic E-state index is -0.130. The van der Waals surface area contributed by atoms with Crippen LogP contribution < -0.4 is 15.6 Å². The number of amides is 1. The van der Waals surface area contributed by atoms with Crippen molar-refractivity contribution in [2.45, 2.75) is 45.3 Å². The third-order valence-electron chi connectivity index (χ3n) is 4.68.